The maximum atomic E-state index is 11.8. The summed E-state index contributed by atoms with van der Waals surface area (Å²) < 4.78 is 0. The van der Waals surface area contributed by atoms with E-state index in [0.29, 0.717) is 20.8 Å². The lowest BCUT2D eigenvalue weighted by Crippen LogP contribution is -2.11. The van der Waals surface area contributed by atoms with Gasteiger partial charge in [-0.2, -0.15) is 0 Å². The Morgan fingerprint density at radius 1 is 1.08 bits per heavy atom. The van der Waals surface area contributed by atoms with E-state index in [9.17, 15) is 4.79 Å². The molecule has 1 N–H and O–H groups in total. The molecule has 0 unspecified atom stereocenters. The Kier molecular flexibility index (Phi) is 5.63. The number of rotatable bonds is 3. The molecule has 3 rings (SSSR count). The molecular formula is C18H13Cl3N2O2. The number of oxime groups is 1. The molecule has 0 aromatic heterocycles. The summed E-state index contributed by atoms with van der Waals surface area (Å²) in [6.45, 7) is 0. The van der Waals surface area contributed by atoms with Gasteiger partial charge in [0.2, 0.25) is 0 Å². The predicted octanol–water partition coefficient (Wildman–Crippen LogP) is 6.12. The van der Waals surface area contributed by atoms with Gasteiger partial charge in [0, 0.05) is 5.69 Å². The summed E-state index contributed by atoms with van der Waals surface area (Å²) >= 11 is 18.1. The molecule has 1 amide bonds. The van der Waals surface area contributed by atoms with Gasteiger partial charge in [-0.1, -0.05) is 64.2 Å². The SMILES string of the molecule is O=C(Nc1ccc(Cl)c(Cl)c1)O/N=C\C1=C(Cl)c2ccccc2CC1. The molecule has 1 aliphatic carbocycles. The minimum Gasteiger partial charge on any atom is -0.298 e. The quantitative estimate of drug-likeness (QED) is 0.386. The van der Waals surface area contributed by atoms with Crippen molar-refractivity contribution < 1.29 is 9.63 Å². The first kappa shape index (κ1) is 17.8. The number of benzene rings is 2. The van der Waals surface area contributed by atoms with Gasteiger partial charge in [0.15, 0.2) is 0 Å². The second-order valence-corrected chi connectivity index (χ2v) is 6.56. The van der Waals surface area contributed by atoms with E-state index in [2.05, 4.69) is 10.5 Å². The van der Waals surface area contributed by atoms with Crippen LogP contribution in [-0.2, 0) is 11.3 Å². The highest BCUT2D eigenvalue weighted by Gasteiger charge is 2.16. The van der Waals surface area contributed by atoms with Crippen molar-refractivity contribution in [2.24, 2.45) is 5.16 Å². The first-order valence-electron chi connectivity index (χ1n) is 7.48. The third-order valence-corrected chi connectivity index (χ3v) is 4.89. The zero-order valence-electron chi connectivity index (χ0n) is 12.9. The van der Waals surface area contributed by atoms with E-state index < -0.39 is 6.09 Å². The molecule has 25 heavy (non-hydrogen) atoms. The lowest BCUT2D eigenvalue weighted by Gasteiger charge is -2.16. The van der Waals surface area contributed by atoms with E-state index in [1.807, 2.05) is 24.3 Å². The van der Waals surface area contributed by atoms with Crippen LogP contribution in [0.2, 0.25) is 10.0 Å². The average molecular weight is 396 g/mol. The molecule has 0 heterocycles. The lowest BCUT2D eigenvalue weighted by atomic mass is 9.92. The fraction of sp³-hybridized carbons (Fsp3) is 0.111. The number of anilines is 1. The zero-order valence-corrected chi connectivity index (χ0v) is 15.2. The number of fused-ring (bicyclic) bond motifs is 1. The number of carbonyl (C=O) groups is 1. The highest BCUT2D eigenvalue weighted by molar-refractivity contribution is 6.51. The van der Waals surface area contributed by atoms with Crippen molar-refractivity contribution in [3.63, 3.8) is 0 Å². The number of hydrogen-bond donors (Lipinski definition) is 1. The van der Waals surface area contributed by atoms with Crippen molar-refractivity contribution in [3.8, 4) is 0 Å². The first-order valence-corrected chi connectivity index (χ1v) is 8.61. The van der Waals surface area contributed by atoms with Crippen molar-refractivity contribution in [2.75, 3.05) is 5.32 Å². The molecule has 0 radical (unpaired) electrons. The third-order valence-electron chi connectivity index (χ3n) is 3.71. The normalized spacial score (nSPS) is 13.7. The molecule has 2 aromatic rings. The molecule has 0 saturated carbocycles. The van der Waals surface area contributed by atoms with Crippen molar-refractivity contribution in [1.29, 1.82) is 0 Å². The van der Waals surface area contributed by atoms with Crippen molar-refractivity contribution >= 4 is 57.8 Å². The Balaban J connectivity index is 1.63. The molecule has 0 spiro atoms. The van der Waals surface area contributed by atoms with Gasteiger partial charge in [0.05, 0.1) is 21.3 Å². The van der Waals surface area contributed by atoms with Crippen LogP contribution in [0.25, 0.3) is 5.03 Å². The van der Waals surface area contributed by atoms with E-state index in [-0.39, 0.29) is 0 Å². The number of nitrogens with one attached hydrogen (secondary N) is 1. The molecule has 128 valence electrons. The van der Waals surface area contributed by atoms with Crippen LogP contribution in [0, 0.1) is 0 Å². The number of carbonyl (C=O) groups excluding carboxylic acids is 1. The van der Waals surface area contributed by atoms with E-state index >= 15 is 0 Å². The fourth-order valence-corrected chi connectivity index (χ4v) is 3.10. The second kappa shape index (κ2) is 7.91. The summed E-state index contributed by atoms with van der Waals surface area (Å²) in [4.78, 5) is 16.6. The molecule has 0 fully saturated rings. The van der Waals surface area contributed by atoms with Gasteiger partial charge in [-0.3, -0.25) is 10.2 Å². The second-order valence-electron chi connectivity index (χ2n) is 5.36. The van der Waals surface area contributed by atoms with Crippen molar-refractivity contribution in [3.05, 3.63) is 69.2 Å². The third kappa shape index (κ3) is 4.34. The Morgan fingerprint density at radius 3 is 2.68 bits per heavy atom. The van der Waals surface area contributed by atoms with Crippen LogP contribution in [0.5, 0.6) is 0 Å². The predicted molar refractivity (Wildman–Crippen MR) is 103 cm³/mol. The smallest absolute Gasteiger partial charge is 0.298 e. The standard InChI is InChI=1S/C18H13Cl3N2O2/c19-15-8-7-13(9-16(15)20)23-18(24)25-22-10-12-6-5-11-3-1-2-4-14(11)17(12)21/h1-4,7-10H,5-6H2,(H,23,24)/b22-10-. The number of amides is 1. The number of halogens is 3. The Labute approximate surface area is 160 Å². The van der Waals surface area contributed by atoms with Crippen LogP contribution in [-0.4, -0.2) is 12.3 Å². The fourth-order valence-electron chi connectivity index (χ4n) is 2.48. The van der Waals surface area contributed by atoms with Crippen LogP contribution >= 0.6 is 34.8 Å². The van der Waals surface area contributed by atoms with Crippen LogP contribution in [0.3, 0.4) is 0 Å². The number of nitrogens with zero attached hydrogens (tertiary/aromatic N) is 1. The Hall–Kier alpha value is -2.01. The van der Waals surface area contributed by atoms with E-state index in [1.54, 1.807) is 12.1 Å². The molecule has 0 bridgehead atoms. The maximum absolute atomic E-state index is 11.8. The van der Waals surface area contributed by atoms with Crippen LogP contribution in [0.4, 0.5) is 10.5 Å². The maximum Gasteiger partial charge on any atom is 0.437 e. The van der Waals surface area contributed by atoms with E-state index in [4.69, 9.17) is 39.6 Å². The number of aryl methyl sites for hydroxylation is 1. The first-order chi connectivity index (χ1) is 12.0. The van der Waals surface area contributed by atoms with Gasteiger partial charge >= 0.3 is 6.09 Å². The Morgan fingerprint density at radius 2 is 1.88 bits per heavy atom. The summed E-state index contributed by atoms with van der Waals surface area (Å²) in [5.74, 6) is 0. The minimum absolute atomic E-state index is 0.334. The summed E-state index contributed by atoms with van der Waals surface area (Å²) in [5.41, 5.74) is 3.46. The summed E-state index contributed by atoms with van der Waals surface area (Å²) in [7, 11) is 0. The lowest BCUT2D eigenvalue weighted by molar-refractivity contribution is 0.167. The molecule has 7 heteroatoms. The van der Waals surface area contributed by atoms with E-state index in [1.165, 1.54) is 17.8 Å². The van der Waals surface area contributed by atoms with Gasteiger partial charge in [-0.25, -0.2) is 4.79 Å². The highest BCUT2D eigenvalue weighted by atomic mass is 35.5. The van der Waals surface area contributed by atoms with Crippen molar-refractivity contribution in [2.45, 2.75) is 12.8 Å². The summed E-state index contributed by atoms with van der Waals surface area (Å²) in [5, 5.41) is 7.58. The molecule has 0 atom stereocenters. The minimum atomic E-state index is -0.734. The summed E-state index contributed by atoms with van der Waals surface area (Å²) in [6.07, 6.45) is 2.33. The summed E-state index contributed by atoms with van der Waals surface area (Å²) in [6, 6.07) is 12.6. The average Bonchev–Trinajstić information content (AvgIpc) is 2.60. The largest absolute Gasteiger partial charge is 0.437 e. The van der Waals surface area contributed by atoms with Crippen molar-refractivity contribution in [1.82, 2.24) is 0 Å². The monoisotopic (exact) mass is 394 g/mol. The number of allylic oxidation sites excluding steroid dienone is 1. The zero-order chi connectivity index (χ0) is 17.8. The molecule has 1 aliphatic rings. The molecule has 0 aliphatic heterocycles. The Bertz CT molecular complexity index is 878. The van der Waals surface area contributed by atoms with Crippen LogP contribution < -0.4 is 5.32 Å². The topological polar surface area (TPSA) is 50.7 Å². The van der Waals surface area contributed by atoms with Crippen LogP contribution in [0.1, 0.15) is 17.5 Å². The van der Waals surface area contributed by atoms with Gasteiger partial charge in [0.25, 0.3) is 0 Å². The number of hydrogen-bond acceptors (Lipinski definition) is 3. The van der Waals surface area contributed by atoms with E-state index in [0.717, 1.165) is 24.0 Å². The molecule has 0 saturated heterocycles. The van der Waals surface area contributed by atoms with Crippen LogP contribution in [0.15, 0.2) is 53.2 Å². The van der Waals surface area contributed by atoms with Gasteiger partial charge in [-0.05, 0) is 47.7 Å². The molecular weight excluding hydrogens is 383 g/mol. The molecule has 2 aromatic carbocycles. The highest BCUT2D eigenvalue weighted by Crippen LogP contribution is 2.33. The molecule has 4 nitrogen and oxygen atoms in total. The van der Waals surface area contributed by atoms with Gasteiger partial charge < -0.3 is 0 Å². The van der Waals surface area contributed by atoms with Gasteiger partial charge in [-0.15, -0.1) is 0 Å². The van der Waals surface area contributed by atoms with Gasteiger partial charge in [0.1, 0.15) is 0 Å².